The summed E-state index contributed by atoms with van der Waals surface area (Å²) in [5.41, 5.74) is 0.655. The number of nitrogens with zero attached hydrogens (tertiary/aromatic N) is 3. The van der Waals surface area contributed by atoms with Crippen molar-refractivity contribution in [2.75, 3.05) is 41.6 Å². The predicted octanol–water partition coefficient (Wildman–Crippen LogP) is 7.34. The molecule has 2 aliphatic heterocycles. The number of halogens is 7. The Morgan fingerprint density at radius 1 is 0.851 bits per heavy atom. The van der Waals surface area contributed by atoms with Gasteiger partial charge in [0.1, 0.15) is 20.0 Å². The van der Waals surface area contributed by atoms with Crippen molar-refractivity contribution in [3.8, 4) is 0 Å². The largest absolute Gasteiger partial charge is 0.465 e. The van der Waals surface area contributed by atoms with Crippen molar-refractivity contribution in [3.05, 3.63) is 33.9 Å². The molecule has 260 valence electrons. The lowest BCUT2D eigenvalue weighted by atomic mass is 10.1. The molecule has 2 saturated carbocycles. The van der Waals surface area contributed by atoms with E-state index in [-0.39, 0.29) is 45.0 Å². The normalized spacial score (nSPS) is 26.4. The highest BCUT2D eigenvalue weighted by Crippen LogP contribution is 2.77. The van der Waals surface area contributed by atoms with Crippen LogP contribution in [0.1, 0.15) is 72.4 Å². The highest BCUT2D eigenvalue weighted by molar-refractivity contribution is 9.09. The molecule has 0 bridgehead atoms. The molecule has 2 aromatic heterocycles. The molecule has 2 spiro atoms. The smallest absolute Gasteiger partial charge is 0.435 e. The number of H-pyrrole nitrogens is 1. The molecule has 4 heterocycles. The van der Waals surface area contributed by atoms with Crippen molar-refractivity contribution in [1.82, 2.24) is 20.0 Å². The molecule has 0 amide bonds. The van der Waals surface area contributed by atoms with Crippen molar-refractivity contribution in [3.63, 3.8) is 0 Å². The van der Waals surface area contributed by atoms with Crippen LogP contribution in [0.5, 0.6) is 0 Å². The Labute approximate surface area is 291 Å². The van der Waals surface area contributed by atoms with Crippen LogP contribution in [0.4, 0.5) is 26.3 Å². The fraction of sp³-hybridized carbons (Fsp3) is 0.714. The van der Waals surface area contributed by atoms with Crippen LogP contribution < -0.4 is 0 Å². The standard InChI is InChI=1S/C14H15F3N2O2S2.C10H9F3N2S2.C4H7BrO2/c1-2-21-9(20)6-19-12-10(11(18-19)14(15,16)17)7-5-8(7)13(12)22-3-4-23-13;11-10(12,13)8-6-4-3-5(4)9(7(6)14-15-8)16-1-2-17-9;1-2-7-4(6)3-5/h7-8H,2-6H2,1H3;4-5H,1-3H2,(H,14,15);2-3H2,1H3/t7-,8+;4-,5+;/m00./s1. The Morgan fingerprint density at radius 3 is 1.87 bits per heavy atom. The first-order valence-corrected chi connectivity index (χ1v) is 20.1. The van der Waals surface area contributed by atoms with E-state index in [4.69, 9.17) is 4.74 Å². The fourth-order valence-electron chi connectivity index (χ4n) is 7.04. The monoisotopic (exact) mass is 808 g/mol. The fourth-order valence-corrected chi connectivity index (χ4v) is 14.6. The van der Waals surface area contributed by atoms with Crippen molar-refractivity contribution in [1.29, 1.82) is 0 Å². The molecule has 0 unspecified atom stereocenters. The van der Waals surface area contributed by atoms with Gasteiger partial charge in [-0.15, -0.1) is 47.0 Å². The number of hydrogen-bond acceptors (Lipinski definition) is 10. The van der Waals surface area contributed by atoms with Crippen LogP contribution in [0.2, 0.25) is 0 Å². The number of hydrogen-bond donors (Lipinski definition) is 1. The summed E-state index contributed by atoms with van der Waals surface area (Å²) in [5.74, 6) is 3.79. The molecule has 0 radical (unpaired) electrons. The van der Waals surface area contributed by atoms with E-state index in [0.29, 0.717) is 34.7 Å². The zero-order valence-electron chi connectivity index (χ0n) is 25.1. The number of carbonyl (C=O) groups excluding carboxylic acids is 2. The van der Waals surface area contributed by atoms with E-state index in [2.05, 4.69) is 36.0 Å². The summed E-state index contributed by atoms with van der Waals surface area (Å²) in [4.78, 5) is 21.9. The molecular weight excluding hydrogens is 778 g/mol. The Kier molecular flexibility index (Phi) is 9.99. The summed E-state index contributed by atoms with van der Waals surface area (Å²) in [6.07, 6.45) is -7.12. The third-order valence-corrected chi connectivity index (χ3v) is 16.5. The number of ether oxygens (including phenoxy) is 2. The van der Waals surface area contributed by atoms with Crippen molar-refractivity contribution in [2.24, 2.45) is 11.8 Å². The average molecular weight is 810 g/mol. The van der Waals surface area contributed by atoms with E-state index in [1.165, 1.54) is 4.68 Å². The molecule has 47 heavy (non-hydrogen) atoms. The summed E-state index contributed by atoms with van der Waals surface area (Å²) in [6, 6.07) is 0. The molecule has 4 fully saturated rings. The molecule has 6 aliphatic rings. The van der Waals surface area contributed by atoms with Gasteiger partial charge in [0, 0.05) is 34.1 Å². The van der Waals surface area contributed by atoms with E-state index >= 15 is 0 Å². The Morgan fingerprint density at radius 2 is 1.36 bits per heavy atom. The number of thioether (sulfide) groups is 4. The van der Waals surface area contributed by atoms with Gasteiger partial charge in [-0.3, -0.25) is 19.4 Å². The minimum atomic E-state index is -4.49. The van der Waals surface area contributed by atoms with Gasteiger partial charge in [-0.1, -0.05) is 15.9 Å². The van der Waals surface area contributed by atoms with Crippen LogP contribution in [-0.2, 0) is 46.1 Å². The Balaban J connectivity index is 0.000000141. The van der Waals surface area contributed by atoms with E-state index < -0.39 is 29.7 Å². The molecule has 8 rings (SSSR count). The maximum atomic E-state index is 13.4. The number of alkyl halides is 7. The average Bonchev–Trinajstić information content (AvgIpc) is 3.52. The van der Waals surface area contributed by atoms with E-state index in [1.807, 2.05) is 0 Å². The molecule has 0 aromatic carbocycles. The number of rotatable bonds is 5. The third-order valence-electron chi connectivity index (χ3n) is 8.74. The molecule has 4 aliphatic carbocycles. The molecule has 8 nitrogen and oxygen atoms in total. The summed E-state index contributed by atoms with van der Waals surface area (Å²) < 4.78 is 88.9. The second kappa shape index (κ2) is 13.2. The Bertz CT molecular complexity index is 1520. The van der Waals surface area contributed by atoms with Gasteiger partial charge < -0.3 is 9.47 Å². The van der Waals surface area contributed by atoms with Crippen LogP contribution in [0.15, 0.2) is 0 Å². The predicted molar refractivity (Wildman–Crippen MR) is 173 cm³/mol. The Hall–Kier alpha value is -1.18. The highest BCUT2D eigenvalue weighted by Gasteiger charge is 2.68. The van der Waals surface area contributed by atoms with Gasteiger partial charge in [-0.25, -0.2) is 0 Å². The number of nitrogens with one attached hydrogen (secondary N) is 1. The number of carbonyl (C=O) groups is 2. The number of fused-ring (bicyclic) bond motifs is 10. The third kappa shape index (κ3) is 6.34. The van der Waals surface area contributed by atoms with Crippen LogP contribution >= 0.6 is 63.0 Å². The van der Waals surface area contributed by atoms with Gasteiger partial charge in [0.25, 0.3) is 0 Å². The zero-order chi connectivity index (χ0) is 33.9. The van der Waals surface area contributed by atoms with Crippen LogP contribution in [-0.4, -0.2) is 73.5 Å². The SMILES string of the molecule is CCOC(=O)CBr.CCOC(=O)Cn1nc(C(F)(F)F)c2c1C1(SCCS1)[C@@H]1C[C@H]21.FC(F)(F)c1n[nH]c2c1[C@H]1C[C@H]1C21SCCS1. The zero-order valence-corrected chi connectivity index (χ0v) is 30.0. The van der Waals surface area contributed by atoms with E-state index in [1.54, 1.807) is 60.9 Å². The molecular formula is C28H31BrF6N4O4S4. The molecule has 2 aromatic rings. The number of aromatic nitrogens is 4. The minimum absolute atomic E-state index is 0.0596. The first-order chi connectivity index (χ1) is 22.2. The lowest BCUT2D eigenvalue weighted by molar-refractivity contribution is -0.146. The molecule has 1 N–H and O–H groups in total. The van der Waals surface area contributed by atoms with Crippen LogP contribution in [0.3, 0.4) is 0 Å². The summed E-state index contributed by atoms with van der Waals surface area (Å²) in [6.45, 7) is 3.86. The second-order valence-electron chi connectivity index (χ2n) is 11.5. The van der Waals surface area contributed by atoms with Crippen LogP contribution in [0, 0.1) is 11.8 Å². The first kappa shape index (κ1) is 35.6. The van der Waals surface area contributed by atoms with Crippen molar-refractivity contribution < 1.29 is 45.4 Å². The molecule has 2 saturated heterocycles. The van der Waals surface area contributed by atoms with Gasteiger partial charge >= 0.3 is 24.3 Å². The number of esters is 2. The van der Waals surface area contributed by atoms with Crippen molar-refractivity contribution >= 4 is 74.9 Å². The quantitative estimate of drug-likeness (QED) is 0.188. The first-order valence-electron chi connectivity index (χ1n) is 15.0. The van der Waals surface area contributed by atoms with Gasteiger partial charge in [-0.05, 0) is 50.4 Å². The van der Waals surface area contributed by atoms with E-state index in [0.717, 1.165) is 41.5 Å². The van der Waals surface area contributed by atoms with Crippen molar-refractivity contribution in [2.45, 2.75) is 65.6 Å². The molecule has 4 atom stereocenters. The summed E-state index contributed by atoms with van der Waals surface area (Å²) >= 11 is 9.94. The van der Waals surface area contributed by atoms with Gasteiger partial charge in [0.2, 0.25) is 0 Å². The maximum absolute atomic E-state index is 13.4. The van der Waals surface area contributed by atoms with Gasteiger partial charge in [0.05, 0.1) is 24.6 Å². The highest BCUT2D eigenvalue weighted by atomic mass is 79.9. The minimum Gasteiger partial charge on any atom is -0.465 e. The maximum Gasteiger partial charge on any atom is 0.435 e. The molecule has 19 heteroatoms. The van der Waals surface area contributed by atoms with E-state index in [9.17, 15) is 35.9 Å². The summed E-state index contributed by atoms with van der Waals surface area (Å²) in [5, 5.41) is 10.3. The lowest BCUT2D eigenvalue weighted by Crippen LogP contribution is -2.24. The van der Waals surface area contributed by atoms with Gasteiger partial charge in [-0.2, -0.15) is 36.5 Å². The lowest BCUT2D eigenvalue weighted by Gasteiger charge is -2.25. The topological polar surface area (TPSA) is 99.1 Å². The van der Waals surface area contributed by atoms with Gasteiger partial charge in [0.15, 0.2) is 11.4 Å². The van der Waals surface area contributed by atoms with Crippen LogP contribution in [0.25, 0.3) is 0 Å². The summed E-state index contributed by atoms with van der Waals surface area (Å²) in [7, 11) is 0. The number of aromatic amines is 1. The second-order valence-corrected chi connectivity index (χ2v) is 17.9.